The van der Waals surface area contributed by atoms with E-state index in [9.17, 15) is 10.2 Å². The zero-order chi connectivity index (χ0) is 15.9. The van der Waals surface area contributed by atoms with Crippen molar-refractivity contribution in [3.8, 4) is 0 Å². The first-order chi connectivity index (χ1) is 9.24. The van der Waals surface area contributed by atoms with Crippen molar-refractivity contribution in [3.63, 3.8) is 0 Å². The van der Waals surface area contributed by atoms with Crippen molar-refractivity contribution in [1.29, 1.82) is 0 Å². The molecule has 2 N–H and O–H groups in total. The van der Waals surface area contributed by atoms with Crippen molar-refractivity contribution < 1.29 is 14.9 Å². The van der Waals surface area contributed by atoms with Crippen molar-refractivity contribution >= 4 is 0 Å². The van der Waals surface area contributed by atoms with Gasteiger partial charge in [0.1, 0.15) is 0 Å². The van der Waals surface area contributed by atoms with E-state index >= 15 is 0 Å². The van der Waals surface area contributed by atoms with E-state index in [1.807, 2.05) is 34.6 Å². The Bertz CT molecular complexity index is 329. The Labute approximate surface area is 124 Å². The summed E-state index contributed by atoms with van der Waals surface area (Å²) < 4.78 is 5.47. The van der Waals surface area contributed by atoms with Crippen molar-refractivity contribution in [1.82, 2.24) is 0 Å². The predicted molar refractivity (Wildman–Crippen MR) is 84.6 cm³/mol. The molecule has 20 heavy (non-hydrogen) atoms. The molecule has 0 aliphatic carbocycles. The number of rotatable bonds is 8. The van der Waals surface area contributed by atoms with E-state index in [0.717, 1.165) is 5.57 Å². The summed E-state index contributed by atoms with van der Waals surface area (Å²) in [6.45, 7) is 12.2. The fourth-order valence-corrected chi connectivity index (χ4v) is 2.71. The van der Waals surface area contributed by atoms with Crippen LogP contribution in [0.25, 0.3) is 0 Å². The van der Waals surface area contributed by atoms with Gasteiger partial charge < -0.3 is 14.9 Å². The number of methoxy groups -OCH3 is 1. The molecular weight excluding hydrogens is 252 g/mol. The Hall–Kier alpha value is -0.640. The number of hydrogen-bond acceptors (Lipinski definition) is 3. The van der Waals surface area contributed by atoms with E-state index < -0.39 is 6.10 Å². The fourth-order valence-electron chi connectivity index (χ4n) is 2.71. The van der Waals surface area contributed by atoms with Gasteiger partial charge in [0.05, 0.1) is 12.2 Å². The van der Waals surface area contributed by atoms with E-state index in [4.69, 9.17) is 4.74 Å². The average molecular weight is 284 g/mol. The molecule has 0 radical (unpaired) electrons. The fraction of sp³-hybridized carbons (Fsp3) is 0.765. The SMILES string of the molecule is CO[C@H]([C@@H](C)/C=C(\C)[C@@H](O)C(C)C=C(C)C)[C@@H](C)CO. The van der Waals surface area contributed by atoms with Gasteiger partial charge in [-0.2, -0.15) is 0 Å². The Morgan fingerprint density at radius 1 is 1.05 bits per heavy atom. The molecule has 0 aromatic heterocycles. The molecule has 3 nitrogen and oxygen atoms in total. The van der Waals surface area contributed by atoms with Gasteiger partial charge >= 0.3 is 0 Å². The van der Waals surface area contributed by atoms with Crippen LogP contribution in [0, 0.1) is 17.8 Å². The largest absolute Gasteiger partial charge is 0.396 e. The molecular formula is C17H32O3. The van der Waals surface area contributed by atoms with Crippen LogP contribution in [0.4, 0.5) is 0 Å². The zero-order valence-corrected chi connectivity index (χ0v) is 14.1. The summed E-state index contributed by atoms with van der Waals surface area (Å²) in [4.78, 5) is 0. The standard InChI is InChI=1S/C17H32O3/c1-11(2)8-12(3)16(19)13(4)9-14(5)17(20-7)15(6)10-18/h8-9,12,14-19H,10H2,1-7H3/b13-9+/t12?,14-,15-,16-,17+/m0/s1. The smallest absolute Gasteiger partial charge is 0.0807 e. The van der Waals surface area contributed by atoms with Crippen LogP contribution in [0.5, 0.6) is 0 Å². The minimum Gasteiger partial charge on any atom is -0.396 e. The molecule has 118 valence electrons. The molecule has 0 amide bonds. The molecule has 0 bridgehead atoms. The van der Waals surface area contributed by atoms with E-state index in [1.165, 1.54) is 5.57 Å². The van der Waals surface area contributed by atoms with Crippen LogP contribution in [0.15, 0.2) is 23.3 Å². The second-order valence-corrected chi connectivity index (χ2v) is 6.18. The quantitative estimate of drug-likeness (QED) is 0.673. The van der Waals surface area contributed by atoms with Crippen LogP contribution in [0.2, 0.25) is 0 Å². The van der Waals surface area contributed by atoms with Gasteiger partial charge in [-0.15, -0.1) is 0 Å². The van der Waals surface area contributed by atoms with Gasteiger partial charge in [0.25, 0.3) is 0 Å². The number of hydrogen-bond donors (Lipinski definition) is 2. The van der Waals surface area contributed by atoms with Crippen LogP contribution < -0.4 is 0 Å². The highest BCUT2D eigenvalue weighted by Gasteiger charge is 2.23. The summed E-state index contributed by atoms with van der Waals surface area (Å²) in [6.07, 6.45) is 3.62. The van der Waals surface area contributed by atoms with Gasteiger partial charge in [0.15, 0.2) is 0 Å². The highest BCUT2D eigenvalue weighted by Crippen LogP contribution is 2.22. The number of ether oxygens (including phenoxy) is 1. The molecule has 3 heteroatoms. The maximum Gasteiger partial charge on any atom is 0.0807 e. The molecule has 0 aromatic carbocycles. The number of aliphatic hydroxyl groups excluding tert-OH is 2. The monoisotopic (exact) mass is 284 g/mol. The average Bonchev–Trinajstić information content (AvgIpc) is 2.37. The number of allylic oxidation sites excluding steroid dienone is 1. The Morgan fingerprint density at radius 2 is 1.60 bits per heavy atom. The lowest BCUT2D eigenvalue weighted by Crippen LogP contribution is -2.30. The second-order valence-electron chi connectivity index (χ2n) is 6.18. The van der Waals surface area contributed by atoms with Gasteiger partial charge in [-0.05, 0) is 26.3 Å². The van der Waals surface area contributed by atoms with Gasteiger partial charge in [-0.3, -0.25) is 0 Å². The highest BCUT2D eigenvalue weighted by molar-refractivity contribution is 5.12. The summed E-state index contributed by atoms with van der Waals surface area (Å²) in [5, 5.41) is 19.6. The first kappa shape index (κ1) is 19.4. The van der Waals surface area contributed by atoms with Gasteiger partial charge in [0, 0.05) is 31.5 Å². The van der Waals surface area contributed by atoms with E-state index in [0.29, 0.717) is 0 Å². The molecule has 0 heterocycles. The molecule has 0 aliphatic heterocycles. The second kappa shape index (κ2) is 9.32. The van der Waals surface area contributed by atoms with Crippen molar-refractivity contribution in [2.24, 2.45) is 17.8 Å². The zero-order valence-electron chi connectivity index (χ0n) is 14.1. The molecule has 5 atom stereocenters. The Balaban J connectivity index is 4.89. The van der Waals surface area contributed by atoms with Crippen LogP contribution in [-0.4, -0.2) is 36.1 Å². The summed E-state index contributed by atoms with van der Waals surface area (Å²) in [5.41, 5.74) is 2.16. The highest BCUT2D eigenvalue weighted by atomic mass is 16.5. The topological polar surface area (TPSA) is 49.7 Å². The van der Waals surface area contributed by atoms with Crippen LogP contribution in [-0.2, 0) is 4.74 Å². The lowest BCUT2D eigenvalue weighted by molar-refractivity contribution is 0.0101. The first-order valence-corrected chi connectivity index (χ1v) is 7.39. The van der Waals surface area contributed by atoms with Crippen molar-refractivity contribution in [3.05, 3.63) is 23.3 Å². The van der Waals surface area contributed by atoms with E-state index in [1.54, 1.807) is 7.11 Å². The van der Waals surface area contributed by atoms with E-state index in [-0.39, 0.29) is 30.5 Å². The Kier molecular flexibility index (Phi) is 9.03. The van der Waals surface area contributed by atoms with Crippen LogP contribution in [0.1, 0.15) is 41.5 Å². The summed E-state index contributed by atoms with van der Waals surface area (Å²) in [5.74, 6) is 0.321. The molecule has 0 saturated heterocycles. The van der Waals surface area contributed by atoms with E-state index in [2.05, 4.69) is 19.1 Å². The molecule has 0 saturated carbocycles. The summed E-state index contributed by atoms with van der Waals surface area (Å²) in [7, 11) is 1.67. The van der Waals surface area contributed by atoms with Crippen LogP contribution >= 0.6 is 0 Å². The molecule has 0 aliphatic rings. The molecule has 0 fully saturated rings. The van der Waals surface area contributed by atoms with Crippen molar-refractivity contribution in [2.45, 2.75) is 53.8 Å². The maximum atomic E-state index is 10.3. The lowest BCUT2D eigenvalue weighted by atomic mass is 9.89. The normalized spacial score (nSPS) is 19.9. The van der Waals surface area contributed by atoms with Gasteiger partial charge in [0.2, 0.25) is 0 Å². The minimum atomic E-state index is -0.478. The molecule has 0 spiro atoms. The summed E-state index contributed by atoms with van der Waals surface area (Å²) >= 11 is 0. The predicted octanol–water partition coefficient (Wildman–Crippen LogP) is 3.18. The van der Waals surface area contributed by atoms with Crippen molar-refractivity contribution in [2.75, 3.05) is 13.7 Å². The Morgan fingerprint density at radius 3 is 2.00 bits per heavy atom. The number of aliphatic hydroxyl groups is 2. The molecule has 0 aromatic rings. The third-order valence-corrected chi connectivity index (χ3v) is 3.73. The summed E-state index contributed by atoms with van der Waals surface area (Å²) in [6, 6.07) is 0. The third-order valence-electron chi connectivity index (χ3n) is 3.73. The third kappa shape index (κ3) is 6.21. The first-order valence-electron chi connectivity index (χ1n) is 7.39. The molecule has 1 unspecified atom stereocenters. The van der Waals surface area contributed by atoms with Gasteiger partial charge in [-0.25, -0.2) is 0 Å². The lowest BCUT2D eigenvalue weighted by Gasteiger charge is -2.27. The maximum absolute atomic E-state index is 10.3. The van der Waals surface area contributed by atoms with Crippen LogP contribution in [0.3, 0.4) is 0 Å². The van der Waals surface area contributed by atoms with Gasteiger partial charge in [-0.1, -0.05) is 38.5 Å². The molecule has 0 rings (SSSR count). The minimum absolute atomic E-state index is 0.0408.